The number of aromatic nitrogens is 1. The predicted molar refractivity (Wildman–Crippen MR) is 126 cm³/mol. The van der Waals surface area contributed by atoms with Gasteiger partial charge in [-0.2, -0.15) is 0 Å². The van der Waals surface area contributed by atoms with Gasteiger partial charge < -0.3 is 10.6 Å². The molecular formula is C21H17ClN4O3S2. The number of hydrogen-bond acceptors (Lipinski definition) is 5. The van der Waals surface area contributed by atoms with Gasteiger partial charge >= 0.3 is 6.03 Å². The number of aryl methyl sites for hydroxylation is 1. The Morgan fingerprint density at radius 1 is 0.968 bits per heavy atom. The van der Waals surface area contributed by atoms with Gasteiger partial charge in [0, 0.05) is 16.4 Å². The molecule has 2 amide bonds. The lowest BCUT2D eigenvalue weighted by molar-refractivity contribution is 0.262. The van der Waals surface area contributed by atoms with Crippen molar-refractivity contribution in [1.82, 2.24) is 4.98 Å². The number of nitrogens with zero attached hydrogens (tertiary/aromatic N) is 1. The molecule has 3 aromatic carbocycles. The fourth-order valence-corrected chi connectivity index (χ4v) is 5.38. The molecule has 10 heteroatoms. The van der Waals surface area contributed by atoms with Gasteiger partial charge in [0.25, 0.3) is 10.0 Å². The van der Waals surface area contributed by atoms with Crippen LogP contribution in [0, 0.1) is 6.92 Å². The molecule has 0 spiro atoms. The quantitative estimate of drug-likeness (QED) is 0.346. The molecule has 0 bridgehead atoms. The van der Waals surface area contributed by atoms with Crippen molar-refractivity contribution in [3.05, 3.63) is 77.3 Å². The third-order valence-corrected chi connectivity index (χ3v) is 6.94. The smallest absolute Gasteiger partial charge is 0.308 e. The van der Waals surface area contributed by atoms with Crippen molar-refractivity contribution in [2.75, 3.05) is 15.4 Å². The van der Waals surface area contributed by atoms with Crippen LogP contribution in [0.2, 0.25) is 5.02 Å². The molecule has 4 rings (SSSR count). The van der Waals surface area contributed by atoms with Crippen molar-refractivity contribution < 1.29 is 13.2 Å². The van der Waals surface area contributed by atoms with Gasteiger partial charge in [0.05, 0.1) is 15.1 Å². The van der Waals surface area contributed by atoms with Gasteiger partial charge in [-0.3, -0.25) is 4.72 Å². The summed E-state index contributed by atoms with van der Waals surface area (Å²) in [6.45, 7) is 1.84. The minimum absolute atomic E-state index is 0.158. The van der Waals surface area contributed by atoms with Crippen molar-refractivity contribution in [2.45, 2.75) is 11.8 Å². The second-order valence-electron chi connectivity index (χ2n) is 6.67. The molecule has 0 aliphatic carbocycles. The standard InChI is InChI=1S/C21H17ClN4O3S2/c1-13-10-16(24-20(27)23-15-7-5-6-14(22)11-15)12-18-19(13)25-21(30-18)26-31(28,29)17-8-3-2-4-9-17/h2-12H,1H3,(H,25,26)(H2,23,24,27). The SMILES string of the molecule is Cc1cc(NC(=O)Nc2cccc(Cl)c2)cc2sc(NS(=O)(=O)c3ccccc3)nc12. The van der Waals surface area contributed by atoms with Crippen molar-refractivity contribution in [2.24, 2.45) is 0 Å². The van der Waals surface area contributed by atoms with Crippen LogP contribution in [-0.2, 0) is 10.0 Å². The molecule has 0 fully saturated rings. The third kappa shape index (κ3) is 4.96. The predicted octanol–water partition coefficient (Wildman–Crippen LogP) is 5.70. The normalized spacial score (nSPS) is 11.3. The van der Waals surface area contributed by atoms with E-state index in [-0.39, 0.29) is 10.0 Å². The molecule has 1 heterocycles. The zero-order chi connectivity index (χ0) is 22.0. The summed E-state index contributed by atoms with van der Waals surface area (Å²) in [7, 11) is -3.73. The highest BCUT2D eigenvalue weighted by Gasteiger charge is 2.17. The Labute approximate surface area is 188 Å². The molecule has 3 N–H and O–H groups in total. The number of nitrogens with one attached hydrogen (secondary N) is 3. The molecule has 0 radical (unpaired) electrons. The number of halogens is 1. The number of carbonyl (C=O) groups is 1. The largest absolute Gasteiger partial charge is 0.323 e. The van der Waals surface area contributed by atoms with Crippen LogP contribution < -0.4 is 15.4 Å². The molecule has 0 saturated carbocycles. The molecule has 0 aliphatic rings. The maximum Gasteiger partial charge on any atom is 0.323 e. The van der Waals surface area contributed by atoms with Crippen LogP contribution in [0.3, 0.4) is 0 Å². The summed E-state index contributed by atoms with van der Waals surface area (Å²) in [5.74, 6) is 0. The van der Waals surface area contributed by atoms with Gasteiger partial charge in [-0.25, -0.2) is 18.2 Å². The molecule has 158 valence electrons. The molecule has 0 unspecified atom stereocenters. The average Bonchev–Trinajstić information content (AvgIpc) is 3.11. The van der Waals surface area contributed by atoms with E-state index < -0.39 is 16.1 Å². The highest BCUT2D eigenvalue weighted by Crippen LogP contribution is 2.32. The summed E-state index contributed by atoms with van der Waals surface area (Å²) in [5, 5.41) is 6.26. The summed E-state index contributed by atoms with van der Waals surface area (Å²) in [4.78, 5) is 16.9. The Morgan fingerprint density at radius 2 is 1.71 bits per heavy atom. The number of urea groups is 1. The van der Waals surface area contributed by atoms with E-state index in [2.05, 4.69) is 20.3 Å². The number of sulfonamides is 1. The minimum Gasteiger partial charge on any atom is -0.308 e. The molecular weight excluding hydrogens is 456 g/mol. The first kappa shape index (κ1) is 21.1. The van der Waals surface area contributed by atoms with Crippen LogP contribution in [-0.4, -0.2) is 19.4 Å². The number of thiazole rings is 1. The Kier molecular flexibility index (Phi) is 5.81. The van der Waals surface area contributed by atoms with Gasteiger partial charge in [0.1, 0.15) is 0 Å². The third-order valence-electron chi connectivity index (χ3n) is 4.30. The number of hydrogen-bond donors (Lipinski definition) is 3. The van der Waals surface area contributed by atoms with Crippen LogP contribution in [0.1, 0.15) is 5.56 Å². The lowest BCUT2D eigenvalue weighted by Gasteiger charge is -2.09. The molecule has 0 atom stereocenters. The van der Waals surface area contributed by atoms with Crippen molar-refractivity contribution in [1.29, 1.82) is 0 Å². The summed E-state index contributed by atoms with van der Waals surface area (Å²) < 4.78 is 28.4. The van der Waals surface area contributed by atoms with E-state index in [1.165, 1.54) is 23.5 Å². The molecule has 7 nitrogen and oxygen atoms in total. The van der Waals surface area contributed by atoms with Crippen molar-refractivity contribution in [3.8, 4) is 0 Å². The Morgan fingerprint density at radius 3 is 2.45 bits per heavy atom. The zero-order valence-electron chi connectivity index (χ0n) is 16.2. The highest BCUT2D eigenvalue weighted by atomic mass is 35.5. The van der Waals surface area contributed by atoms with Crippen molar-refractivity contribution in [3.63, 3.8) is 0 Å². The summed E-state index contributed by atoms with van der Waals surface area (Å²) in [6.07, 6.45) is 0. The van der Waals surface area contributed by atoms with E-state index in [0.29, 0.717) is 21.9 Å². The van der Waals surface area contributed by atoms with E-state index in [1.807, 2.05) is 6.92 Å². The fraction of sp³-hybridized carbons (Fsp3) is 0.0476. The van der Waals surface area contributed by atoms with Crippen LogP contribution in [0.15, 0.2) is 71.6 Å². The van der Waals surface area contributed by atoms with E-state index in [9.17, 15) is 13.2 Å². The summed E-state index contributed by atoms with van der Waals surface area (Å²) in [6, 6.07) is 18.0. The monoisotopic (exact) mass is 472 g/mol. The van der Waals surface area contributed by atoms with Gasteiger partial charge in [0.15, 0.2) is 5.13 Å². The number of carbonyl (C=O) groups excluding carboxylic acids is 1. The van der Waals surface area contributed by atoms with E-state index in [4.69, 9.17) is 11.6 Å². The Hall–Kier alpha value is -3.14. The van der Waals surface area contributed by atoms with Crippen LogP contribution in [0.5, 0.6) is 0 Å². The second-order valence-corrected chi connectivity index (χ2v) is 9.82. The van der Waals surface area contributed by atoms with E-state index >= 15 is 0 Å². The number of amides is 2. The van der Waals surface area contributed by atoms with Crippen LogP contribution in [0.4, 0.5) is 21.3 Å². The van der Waals surface area contributed by atoms with E-state index in [0.717, 1.165) is 10.3 Å². The van der Waals surface area contributed by atoms with Gasteiger partial charge in [-0.15, -0.1) is 0 Å². The minimum atomic E-state index is -3.73. The number of benzene rings is 3. The molecule has 31 heavy (non-hydrogen) atoms. The molecule has 0 saturated heterocycles. The highest BCUT2D eigenvalue weighted by molar-refractivity contribution is 7.93. The van der Waals surface area contributed by atoms with Gasteiger partial charge in [-0.1, -0.05) is 47.2 Å². The molecule has 4 aromatic rings. The fourth-order valence-electron chi connectivity index (χ4n) is 2.95. The van der Waals surface area contributed by atoms with Crippen molar-refractivity contribution >= 4 is 65.7 Å². The summed E-state index contributed by atoms with van der Waals surface area (Å²) in [5.41, 5.74) is 2.59. The van der Waals surface area contributed by atoms with Crippen LogP contribution >= 0.6 is 22.9 Å². The number of fused-ring (bicyclic) bond motifs is 1. The number of rotatable bonds is 5. The lowest BCUT2D eigenvalue weighted by atomic mass is 10.2. The van der Waals surface area contributed by atoms with Gasteiger partial charge in [-0.05, 0) is 55.0 Å². The lowest BCUT2D eigenvalue weighted by Crippen LogP contribution is -2.19. The first-order valence-electron chi connectivity index (χ1n) is 9.13. The second kappa shape index (κ2) is 8.54. The topological polar surface area (TPSA) is 100 Å². The maximum absolute atomic E-state index is 12.6. The van der Waals surface area contributed by atoms with Crippen LogP contribution in [0.25, 0.3) is 10.2 Å². The van der Waals surface area contributed by atoms with Gasteiger partial charge in [0.2, 0.25) is 0 Å². The Balaban J connectivity index is 1.54. The first-order valence-corrected chi connectivity index (χ1v) is 11.8. The van der Waals surface area contributed by atoms with E-state index in [1.54, 1.807) is 54.6 Å². The zero-order valence-corrected chi connectivity index (χ0v) is 18.6. The molecule has 1 aromatic heterocycles. The maximum atomic E-state index is 12.6. The Bertz CT molecular complexity index is 1370. The summed E-state index contributed by atoms with van der Waals surface area (Å²) >= 11 is 7.13. The number of anilines is 3. The molecule has 0 aliphatic heterocycles. The first-order chi connectivity index (χ1) is 14.8. The average molecular weight is 473 g/mol.